The minimum absolute atomic E-state index is 0.654. The Morgan fingerprint density at radius 3 is 3.14 bits per heavy atom. The summed E-state index contributed by atoms with van der Waals surface area (Å²) in [6, 6.07) is 4.01. The summed E-state index contributed by atoms with van der Waals surface area (Å²) in [6.45, 7) is 4.51. The van der Waals surface area contributed by atoms with Crippen LogP contribution < -0.4 is 10.6 Å². The molecule has 0 saturated carbocycles. The molecule has 3 heteroatoms. The van der Waals surface area contributed by atoms with Crippen molar-refractivity contribution in [3.63, 3.8) is 0 Å². The molecule has 76 valence electrons. The first-order chi connectivity index (χ1) is 6.77. The molecule has 0 bridgehead atoms. The smallest absolute Gasteiger partial charge is 0.146 e. The van der Waals surface area contributed by atoms with Crippen LogP contribution in [0, 0.1) is 5.92 Å². The SMILES string of the molecule is CC1CCCN(c2cccnc2N)C1. The molecule has 1 aromatic rings. The predicted octanol–water partition coefficient (Wildman–Crippen LogP) is 1.90. The van der Waals surface area contributed by atoms with E-state index >= 15 is 0 Å². The van der Waals surface area contributed by atoms with Gasteiger partial charge < -0.3 is 10.6 Å². The van der Waals surface area contributed by atoms with Crippen LogP contribution in [0.3, 0.4) is 0 Å². The molecule has 1 aromatic heterocycles. The second-order valence-electron chi connectivity index (χ2n) is 4.10. The molecule has 14 heavy (non-hydrogen) atoms. The van der Waals surface area contributed by atoms with Gasteiger partial charge in [0.25, 0.3) is 0 Å². The summed E-state index contributed by atoms with van der Waals surface area (Å²) in [5, 5.41) is 0. The van der Waals surface area contributed by atoms with E-state index in [1.54, 1.807) is 6.20 Å². The molecule has 2 N–H and O–H groups in total. The third kappa shape index (κ3) is 1.81. The van der Waals surface area contributed by atoms with Crippen molar-refractivity contribution >= 4 is 11.5 Å². The van der Waals surface area contributed by atoms with Gasteiger partial charge in [-0.2, -0.15) is 0 Å². The van der Waals surface area contributed by atoms with E-state index in [1.165, 1.54) is 12.8 Å². The monoisotopic (exact) mass is 191 g/mol. The van der Waals surface area contributed by atoms with Crippen molar-refractivity contribution in [1.29, 1.82) is 0 Å². The maximum absolute atomic E-state index is 5.84. The highest BCUT2D eigenvalue weighted by Gasteiger charge is 2.18. The zero-order valence-electron chi connectivity index (χ0n) is 8.61. The largest absolute Gasteiger partial charge is 0.382 e. The lowest BCUT2D eigenvalue weighted by atomic mass is 10.00. The number of nitrogens with zero attached hydrogens (tertiary/aromatic N) is 2. The van der Waals surface area contributed by atoms with Gasteiger partial charge in [-0.15, -0.1) is 0 Å². The molecule has 1 fully saturated rings. The van der Waals surface area contributed by atoms with Gasteiger partial charge in [0.15, 0.2) is 0 Å². The van der Waals surface area contributed by atoms with Crippen LogP contribution in [0.15, 0.2) is 18.3 Å². The van der Waals surface area contributed by atoms with Gasteiger partial charge in [0.2, 0.25) is 0 Å². The molecular formula is C11H17N3. The maximum atomic E-state index is 5.84. The van der Waals surface area contributed by atoms with Crippen molar-refractivity contribution in [3.05, 3.63) is 18.3 Å². The standard InChI is InChI=1S/C11H17N3/c1-9-4-3-7-14(8-9)10-5-2-6-13-11(10)12/h2,5-6,9H,3-4,7-8H2,1H3,(H2,12,13). The number of nitrogens with two attached hydrogens (primary N) is 1. The van der Waals surface area contributed by atoms with Gasteiger partial charge in [-0.25, -0.2) is 4.98 Å². The highest BCUT2D eigenvalue weighted by Crippen LogP contribution is 2.25. The Hall–Kier alpha value is -1.25. The van der Waals surface area contributed by atoms with Gasteiger partial charge in [-0.1, -0.05) is 6.92 Å². The summed E-state index contributed by atoms with van der Waals surface area (Å²) in [6.07, 6.45) is 4.33. The van der Waals surface area contributed by atoms with Crippen LogP contribution in [0.5, 0.6) is 0 Å². The Kier molecular flexibility index (Phi) is 2.57. The molecule has 0 amide bonds. The highest BCUT2D eigenvalue weighted by atomic mass is 15.2. The van der Waals surface area contributed by atoms with Gasteiger partial charge in [-0.05, 0) is 30.9 Å². The van der Waals surface area contributed by atoms with E-state index in [0.717, 1.165) is 24.7 Å². The first-order valence-electron chi connectivity index (χ1n) is 5.23. The van der Waals surface area contributed by atoms with Gasteiger partial charge in [0, 0.05) is 19.3 Å². The van der Waals surface area contributed by atoms with E-state index in [4.69, 9.17) is 5.73 Å². The van der Waals surface area contributed by atoms with E-state index < -0.39 is 0 Å². The lowest BCUT2D eigenvalue weighted by Crippen LogP contribution is -2.34. The van der Waals surface area contributed by atoms with Crippen LogP contribution in [0.2, 0.25) is 0 Å². The topological polar surface area (TPSA) is 42.2 Å². The maximum Gasteiger partial charge on any atom is 0.146 e. The molecular weight excluding hydrogens is 174 g/mol. The summed E-state index contributed by atoms with van der Waals surface area (Å²) in [5.74, 6) is 1.42. The number of nitrogen functional groups attached to an aromatic ring is 1. The summed E-state index contributed by atoms with van der Waals surface area (Å²) in [5.41, 5.74) is 6.94. The molecule has 0 spiro atoms. The van der Waals surface area contributed by atoms with Crippen LogP contribution in [-0.2, 0) is 0 Å². The zero-order valence-corrected chi connectivity index (χ0v) is 8.61. The fourth-order valence-electron chi connectivity index (χ4n) is 2.08. The molecule has 1 unspecified atom stereocenters. The van der Waals surface area contributed by atoms with Crippen LogP contribution >= 0.6 is 0 Å². The Bertz CT molecular complexity index is 311. The lowest BCUT2D eigenvalue weighted by molar-refractivity contribution is 0.447. The Morgan fingerprint density at radius 2 is 2.43 bits per heavy atom. The first kappa shape index (κ1) is 9.31. The van der Waals surface area contributed by atoms with Crippen molar-refractivity contribution in [2.75, 3.05) is 23.7 Å². The molecule has 1 atom stereocenters. The predicted molar refractivity (Wildman–Crippen MR) is 59.3 cm³/mol. The van der Waals surface area contributed by atoms with Gasteiger partial charge >= 0.3 is 0 Å². The molecule has 3 nitrogen and oxygen atoms in total. The summed E-state index contributed by atoms with van der Waals surface area (Å²) < 4.78 is 0. The van der Waals surface area contributed by atoms with Crippen LogP contribution in [-0.4, -0.2) is 18.1 Å². The highest BCUT2D eigenvalue weighted by molar-refractivity contribution is 5.63. The van der Waals surface area contributed by atoms with Crippen molar-refractivity contribution in [3.8, 4) is 0 Å². The average Bonchev–Trinajstić information content (AvgIpc) is 2.18. The number of hydrogen-bond acceptors (Lipinski definition) is 3. The van der Waals surface area contributed by atoms with Crippen molar-refractivity contribution in [1.82, 2.24) is 4.98 Å². The van der Waals surface area contributed by atoms with Crippen LogP contribution in [0.4, 0.5) is 11.5 Å². The molecule has 0 aromatic carbocycles. The van der Waals surface area contributed by atoms with E-state index in [1.807, 2.05) is 6.07 Å². The van der Waals surface area contributed by atoms with Gasteiger partial charge in [-0.3, -0.25) is 0 Å². The second-order valence-corrected chi connectivity index (χ2v) is 4.10. The number of anilines is 2. The van der Waals surface area contributed by atoms with Gasteiger partial charge in [0.1, 0.15) is 5.82 Å². The van der Waals surface area contributed by atoms with E-state index in [-0.39, 0.29) is 0 Å². The van der Waals surface area contributed by atoms with Crippen LogP contribution in [0.1, 0.15) is 19.8 Å². The average molecular weight is 191 g/mol. The number of piperidine rings is 1. The molecule has 1 saturated heterocycles. The molecule has 0 aliphatic carbocycles. The molecule has 1 aliphatic heterocycles. The van der Waals surface area contributed by atoms with Crippen molar-refractivity contribution in [2.24, 2.45) is 5.92 Å². The number of hydrogen-bond donors (Lipinski definition) is 1. The number of rotatable bonds is 1. The zero-order chi connectivity index (χ0) is 9.97. The third-order valence-electron chi connectivity index (χ3n) is 2.81. The minimum atomic E-state index is 0.654. The lowest BCUT2D eigenvalue weighted by Gasteiger charge is -2.33. The molecule has 2 rings (SSSR count). The fourth-order valence-corrected chi connectivity index (χ4v) is 2.08. The summed E-state index contributed by atoms with van der Waals surface area (Å²) in [7, 11) is 0. The second kappa shape index (κ2) is 3.86. The van der Waals surface area contributed by atoms with Crippen LogP contribution in [0.25, 0.3) is 0 Å². The molecule has 1 aliphatic rings. The summed E-state index contributed by atoms with van der Waals surface area (Å²) in [4.78, 5) is 6.46. The van der Waals surface area contributed by atoms with Crippen molar-refractivity contribution in [2.45, 2.75) is 19.8 Å². The minimum Gasteiger partial charge on any atom is -0.382 e. The number of aromatic nitrogens is 1. The normalized spacial score (nSPS) is 22.4. The Morgan fingerprint density at radius 1 is 1.57 bits per heavy atom. The van der Waals surface area contributed by atoms with E-state index in [2.05, 4.69) is 22.9 Å². The molecule has 2 heterocycles. The fraction of sp³-hybridized carbons (Fsp3) is 0.545. The Balaban J connectivity index is 2.18. The molecule has 0 radical (unpaired) electrons. The van der Waals surface area contributed by atoms with Gasteiger partial charge in [0.05, 0.1) is 5.69 Å². The van der Waals surface area contributed by atoms with E-state index in [0.29, 0.717) is 5.82 Å². The quantitative estimate of drug-likeness (QED) is 0.737. The first-order valence-corrected chi connectivity index (χ1v) is 5.23. The number of pyridine rings is 1. The van der Waals surface area contributed by atoms with Crippen molar-refractivity contribution < 1.29 is 0 Å². The summed E-state index contributed by atoms with van der Waals surface area (Å²) >= 11 is 0. The Labute approximate surface area is 84.9 Å². The third-order valence-corrected chi connectivity index (χ3v) is 2.81. The van der Waals surface area contributed by atoms with E-state index in [9.17, 15) is 0 Å².